The largest absolute Gasteiger partial charge is 0.266 e. The fraction of sp³-hybridized carbons (Fsp3) is 0.300. The minimum Gasteiger partial charge on any atom is -0.264 e. The summed E-state index contributed by atoms with van der Waals surface area (Å²) in [6, 6.07) is 25.5. The molecule has 0 amide bonds. The molecule has 0 bridgehead atoms. The third-order valence-corrected chi connectivity index (χ3v) is 9.34. The third-order valence-electron chi connectivity index (χ3n) is 7.57. The van der Waals surface area contributed by atoms with Crippen molar-refractivity contribution in [3.05, 3.63) is 107 Å². The van der Waals surface area contributed by atoms with Crippen LogP contribution in [0.4, 0.5) is 0 Å². The highest BCUT2D eigenvalue weighted by molar-refractivity contribution is 7.89. The zero-order valence-corrected chi connectivity index (χ0v) is 20.8. The standard InChI is InChI=1S/C30H30N2O2S/c1-21-16-18-25(19-17-21)35(33,34)32-29-26-15-9-8-12-23(26)20-27(29)28(22-10-4-2-5-11-22)30(32)31-24-13-6-3-7-14-24/h2,4-5,8-12,15-19,24,29H,3,6-7,13-14,20H2,1H3/t29-/m0/s1. The van der Waals surface area contributed by atoms with Gasteiger partial charge >= 0.3 is 0 Å². The molecule has 178 valence electrons. The Morgan fingerprint density at radius 1 is 0.829 bits per heavy atom. The van der Waals surface area contributed by atoms with E-state index in [-0.39, 0.29) is 12.1 Å². The highest BCUT2D eigenvalue weighted by Crippen LogP contribution is 2.52. The smallest absolute Gasteiger partial charge is 0.264 e. The van der Waals surface area contributed by atoms with Gasteiger partial charge in [0.15, 0.2) is 0 Å². The van der Waals surface area contributed by atoms with E-state index >= 15 is 0 Å². The van der Waals surface area contributed by atoms with Crippen molar-refractivity contribution in [1.29, 1.82) is 0 Å². The Morgan fingerprint density at radius 2 is 1.51 bits per heavy atom. The fourth-order valence-electron chi connectivity index (χ4n) is 5.82. The van der Waals surface area contributed by atoms with Crippen molar-refractivity contribution in [2.45, 2.75) is 62.4 Å². The highest BCUT2D eigenvalue weighted by atomic mass is 32.2. The Kier molecular flexibility index (Phi) is 5.60. The van der Waals surface area contributed by atoms with Gasteiger partial charge in [0.2, 0.25) is 0 Å². The second kappa shape index (κ2) is 8.80. The molecule has 3 aromatic carbocycles. The maximum absolute atomic E-state index is 14.3. The molecule has 0 radical (unpaired) electrons. The second-order valence-corrected chi connectivity index (χ2v) is 11.7. The summed E-state index contributed by atoms with van der Waals surface area (Å²) in [6.45, 7) is 1.97. The van der Waals surface area contributed by atoms with Gasteiger partial charge < -0.3 is 0 Å². The van der Waals surface area contributed by atoms with E-state index in [9.17, 15) is 8.42 Å². The van der Waals surface area contributed by atoms with Gasteiger partial charge in [-0.15, -0.1) is 0 Å². The molecule has 0 aromatic heterocycles. The topological polar surface area (TPSA) is 49.7 Å². The Hall–Kier alpha value is -3.18. The zero-order valence-electron chi connectivity index (χ0n) is 20.0. The summed E-state index contributed by atoms with van der Waals surface area (Å²) in [5.41, 5.74) is 6.48. The Labute approximate surface area is 208 Å². The third kappa shape index (κ3) is 3.82. The molecular formula is C30H30N2O2S. The average molecular weight is 483 g/mol. The maximum Gasteiger partial charge on any atom is 0.266 e. The molecule has 3 aromatic rings. The van der Waals surface area contributed by atoms with E-state index in [1.54, 1.807) is 16.4 Å². The van der Waals surface area contributed by atoms with Gasteiger partial charge in [-0.2, -0.15) is 0 Å². The maximum atomic E-state index is 14.3. The van der Waals surface area contributed by atoms with Crippen LogP contribution < -0.4 is 0 Å². The highest BCUT2D eigenvalue weighted by Gasteiger charge is 2.49. The molecule has 0 saturated heterocycles. The number of sulfonamides is 1. The monoisotopic (exact) mass is 482 g/mol. The molecule has 1 aliphatic heterocycles. The Bertz CT molecular complexity index is 1420. The number of aryl methyl sites for hydroxylation is 1. The summed E-state index contributed by atoms with van der Waals surface area (Å²) in [5.74, 6) is 0.623. The van der Waals surface area contributed by atoms with Gasteiger partial charge in [-0.05, 0) is 60.6 Å². The van der Waals surface area contributed by atoms with Crippen LogP contribution in [0.1, 0.15) is 60.4 Å². The summed E-state index contributed by atoms with van der Waals surface area (Å²) in [4.78, 5) is 5.56. The molecule has 3 aliphatic rings. The number of hydrogen-bond acceptors (Lipinski definition) is 3. The number of amidine groups is 1. The Balaban J connectivity index is 1.59. The van der Waals surface area contributed by atoms with E-state index in [2.05, 4.69) is 24.3 Å². The predicted octanol–water partition coefficient (Wildman–Crippen LogP) is 6.48. The minimum atomic E-state index is -3.83. The first-order valence-corrected chi connectivity index (χ1v) is 14.0. The molecule has 4 nitrogen and oxygen atoms in total. The number of aliphatic imine (C=N–C) groups is 1. The van der Waals surface area contributed by atoms with Crippen LogP contribution in [-0.2, 0) is 16.4 Å². The van der Waals surface area contributed by atoms with Crippen LogP contribution in [0, 0.1) is 6.92 Å². The first kappa shape index (κ1) is 22.3. The van der Waals surface area contributed by atoms with E-state index < -0.39 is 10.0 Å². The van der Waals surface area contributed by atoms with Crippen LogP contribution in [0.15, 0.2) is 94.3 Å². The lowest BCUT2D eigenvalue weighted by molar-refractivity contribution is 0.436. The molecule has 5 heteroatoms. The molecular weight excluding hydrogens is 452 g/mol. The van der Waals surface area contributed by atoms with Gasteiger partial charge in [0.05, 0.1) is 17.0 Å². The van der Waals surface area contributed by atoms with Crippen LogP contribution >= 0.6 is 0 Å². The molecule has 0 N–H and O–H groups in total. The first-order chi connectivity index (χ1) is 17.0. The SMILES string of the molecule is Cc1ccc(S(=O)(=O)N2C(=NC3CCCCC3)C(c3ccccc3)=C3Cc4ccccc4[C@@H]32)cc1. The lowest BCUT2D eigenvalue weighted by Gasteiger charge is -2.29. The van der Waals surface area contributed by atoms with Crippen LogP contribution in [0.3, 0.4) is 0 Å². The van der Waals surface area contributed by atoms with Crippen LogP contribution in [0.5, 0.6) is 0 Å². The molecule has 1 saturated carbocycles. The van der Waals surface area contributed by atoms with E-state index in [0.717, 1.165) is 59.9 Å². The van der Waals surface area contributed by atoms with Crippen molar-refractivity contribution in [1.82, 2.24) is 4.31 Å². The van der Waals surface area contributed by atoms with Crippen LogP contribution in [-0.4, -0.2) is 24.6 Å². The predicted molar refractivity (Wildman–Crippen MR) is 141 cm³/mol. The van der Waals surface area contributed by atoms with Gasteiger partial charge in [-0.1, -0.05) is 91.6 Å². The van der Waals surface area contributed by atoms with Crippen molar-refractivity contribution in [2.24, 2.45) is 4.99 Å². The minimum absolute atomic E-state index is 0.155. The summed E-state index contributed by atoms with van der Waals surface area (Å²) >= 11 is 0. The second-order valence-electron chi connectivity index (χ2n) is 9.90. The molecule has 35 heavy (non-hydrogen) atoms. The summed E-state index contributed by atoms with van der Waals surface area (Å²) in [5, 5.41) is 0. The quantitative estimate of drug-likeness (QED) is 0.427. The van der Waals surface area contributed by atoms with Crippen molar-refractivity contribution in [3.8, 4) is 0 Å². The van der Waals surface area contributed by atoms with E-state index in [0.29, 0.717) is 10.7 Å². The average Bonchev–Trinajstić information content (AvgIpc) is 3.39. The molecule has 6 rings (SSSR count). The first-order valence-electron chi connectivity index (χ1n) is 12.6. The van der Waals surface area contributed by atoms with E-state index in [1.807, 2.05) is 49.4 Å². The van der Waals surface area contributed by atoms with Gasteiger partial charge in [0.25, 0.3) is 10.0 Å². The number of hydrogen-bond donors (Lipinski definition) is 0. The molecule has 1 atom stereocenters. The molecule has 0 unspecified atom stereocenters. The van der Waals surface area contributed by atoms with Gasteiger partial charge in [0.1, 0.15) is 5.84 Å². The number of benzene rings is 3. The summed E-state index contributed by atoms with van der Waals surface area (Å²) in [6.07, 6.45) is 6.30. The van der Waals surface area contributed by atoms with Crippen molar-refractivity contribution < 1.29 is 8.42 Å². The van der Waals surface area contributed by atoms with Crippen molar-refractivity contribution >= 4 is 21.4 Å². The molecule has 1 heterocycles. The molecule has 0 spiro atoms. The summed E-state index contributed by atoms with van der Waals surface area (Å²) in [7, 11) is -3.83. The summed E-state index contributed by atoms with van der Waals surface area (Å²) < 4.78 is 30.3. The van der Waals surface area contributed by atoms with Gasteiger partial charge in [-0.25, -0.2) is 12.7 Å². The van der Waals surface area contributed by atoms with Crippen molar-refractivity contribution in [2.75, 3.05) is 0 Å². The number of nitrogens with zero attached hydrogens (tertiary/aromatic N) is 2. The zero-order chi connectivity index (χ0) is 24.0. The molecule has 1 fully saturated rings. The van der Waals surface area contributed by atoms with E-state index in [1.165, 1.54) is 12.0 Å². The lowest BCUT2D eigenvalue weighted by Crippen LogP contribution is -2.37. The Morgan fingerprint density at radius 3 is 2.26 bits per heavy atom. The number of rotatable bonds is 4. The number of fused-ring (bicyclic) bond motifs is 3. The molecule has 2 aliphatic carbocycles. The van der Waals surface area contributed by atoms with Gasteiger partial charge in [0, 0.05) is 5.57 Å². The van der Waals surface area contributed by atoms with Crippen LogP contribution in [0.2, 0.25) is 0 Å². The van der Waals surface area contributed by atoms with Crippen molar-refractivity contribution in [3.63, 3.8) is 0 Å². The van der Waals surface area contributed by atoms with Crippen LogP contribution in [0.25, 0.3) is 5.57 Å². The van der Waals surface area contributed by atoms with E-state index in [4.69, 9.17) is 4.99 Å². The van der Waals surface area contributed by atoms with Gasteiger partial charge in [-0.3, -0.25) is 4.99 Å². The lowest BCUT2D eigenvalue weighted by atomic mass is 9.95. The normalized spacial score (nSPS) is 21.5. The fourth-order valence-corrected chi connectivity index (χ4v) is 7.41.